The van der Waals surface area contributed by atoms with Gasteiger partial charge in [-0.15, -0.1) is 0 Å². The smallest absolute Gasteiger partial charge is 0.244 e. The molecule has 0 radical (unpaired) electrons. The number of fused-ring (bicyclic) bond motifs is 2. The van der Waals surface area contributed by atoms with E-state index in [1.807, 2.05) is 72.8 Å². The molecule has 180 valence electrons. The van der Waals surface area contributed by atoms with E-state index in [4.69, 9.17) is 9.47 Å². The van der Waals surface area contributed by atoms with Crippen molar-refractivity contribution in [3.8, 4) is 11.5 Å². The number of nitrogens with zero attached hydrogens (tertiary/aromatic N) is 1. The first kappa shape index (κ1) is 23.4. The van der Waals surface area contributed by atoms with Gasteiger partial charge in [-0.2, -0.15) is 4.31 Å². The number of rotatable bonds is 8. The summed E-state index contributed by atoms with van der Waals surface area (Å²) in [6.07, 6.45) is 1.54. The molecule has 4 aromatic rings. The van der Waals surface area contributed by atoms with Crippen molar-refractivity contribution in [1.82, 2.24) is 4.31 Å². The molecule has 5 rings (SSSR count). The van der Waals surface area contributed by atoms with Crippen molar-refractivity contribution in [3.63, 3.8) is 0 Å². The van der Waals surface area contributed by atoms with Gasteiger partial charge in [0, 0.05) is 11.9 Å². The Bertz CT molecular complexity index is 1410. The molecule has 5 nitrogen and oxygen atoms in total. The summed E-state index contributed by atoms with van der Waals surface area (Å²) >= 11 is 0. The minimum atomic E-state index is -3.77. The van der Waals surface area contributed by atoms with Crippen LogP contribution in [0.5, 0.6) is 11.5 Å². The van der Waals surface area contributed by atoms with Gasteiger partial charge in [0.1, 0.15) is 18.1 Å². The van der Waals surface area contributed by atoms with Crippen molar-refractivity contribution < 1.29 is 17.9 Å². The zero-order valence-electron chi connectivity index (χ0n) is 19.8. The molecule has 0 spiro atoms. The van der Waals surface area contributed by atoms with E-state index in [0.29, 0.717) is 30.2 Å². The second kappa shape index (κ2) is 10.1. The lowest BCUT2D eigenvalue weighted by Gasteiger charge is -2.36. The van der Waals surface area contributed by atoms with Gasteiger partial charge in [-0.05, 0) is 59.7 Å². The van der Waals surface area contributed by atoms with Gasteiger partial charge in [0.05, 0.1) is 17.5 Å². The summed E-state index contributed by atoms with van der Waals surface area (Å²) in [6.45, 7) is 3.31. The molecule has 0 unspecified atom stereocenters. The average molecular weight is 488 g/mol. The Kier molecular flexibility index (Phi) is 6.75. The number of benzene rings is 4. The van der Waals surface area contributed by atoms with E-state index in [2.05, 4.69) is 13.0 Å². The van der Waals surface area contributed by atoms with Crippen LogP contribution in [-0.2, 0) is 23.0 Å². The van der Waals surface area contributed by atoms with Crippen LogP contribution in [0.4, 0.5) is 0 Å². The van der Waals surface area contributed by atoms with Crippen LogP contribution in [0.25, 0.3) is 10.8 Å². The van der Waals surface area contributed by atoms with E-state index in [0.717, 1.165) is 34.1 Å². The molecule has 0 N–H and O–H groups in total. The van der Waals surface area contributed by atoms with Gasteiger partial charge in [-0.25, -0.2) is 8.42 Å². The van der Waals surface area contributed by atoms with Crippen molar-refractivity contribution >= 4 is 20.8 Å². The highest BCUT2D eigenvalue weighted by Crippen LogP contribution is 2.32. The van der Waals surface area contributed by atoms with Crippen molar-refractivity contribution in [3.05, 3.63) is 102 Å². The van der Waals surface area contributed by atoms with Crippen LogP contribution in [-0.4, -0.2) is 32.0 Å². The van der Waals surface area contributed by atoms with Crippen molar-refractivity contribution in [2.75, 3.05) is 13.2 Å². The van der Waals surface area contributed by atoms with Gasteiger partial charge in [0.2, 0.25) is 10.0 Å². The second-order valence-electron chi connectivity index (χ2n) is 8.79. The first-order valence-electron chi connectivity index (χ1n) is 12.0. The summed E-state index contributed by atoms with van der Waals surface area (Å²) in [5.41, 5.74) is 2.19. The molecule has 1 heterocycles. The number of sulfonamides is 1. The van der Waals surface area contributed by atoms with E-state index in [1.54, 1.807) is 16.4 Å². The third-order valence-electron chi connectivity index (χ3n) is 6.38. The number of ether oxygens (including phenoxy) is 2. The quantitative estimate of drug-likeness (QED) is 0.314. The van der Waals surface area contributed by atoms with E-state index < -0.39 is 10.0 Å². The molecule has 4 aromatic carbocycles. The van der Waals surface area contributed by atoms with Gasteiger partial charge in [-0.1, -0.05) is 67.6 Å². The molecular weight excluding hydrogens is 458 g/mol. The fourth-order valence-corrected chi connectivity index (χ4v) is 6.38. The molecule has 0 saturated heterocycles. The summed E-state index contributed by atoms with van der Waals surface area (Å²) in [5, 5.41) is 1.64. The SMILES string of the molecule is CCCOc1ccc(OC[C@H]2Cc3ccccc3CN2S(=O)(=O)c2cccc3ccccc23)cc1. The second-order valence-corrected chi connectivity index (χ2v) is 10.6. The van der Waals surface area contributed by atoms with Crippen LogP contribution in [0.15, 0.2) is 95.9 Å². The first-order valence-corrected chi connectivity index (χ1v) is 13.4. The Hall–Kier alpha value is -3.35. The molecule has 0 saturated carbocycles. The minimum absolute atomic E-state index is 0.257. The normalized spacial score (nSPS) is 16.1. The van der Waals surface area contributed by atoms with Gasteiger partial charge < -0.3 is 9.47 Å². The summed E-state index contributed by atoms with van der Waals surface area (Å²) < 4.78 is 41.4. The molecule has 0 fully saturated rings. The minimum Gasteiger partial charge on any atom is -0.494 e. The molecule has 1 aliphatic heterocycles. The maximum absolute atomic E-state index is 14.0. The summed E-state index contributed by atoms with van der Waals surface area (Å²) in [5.74, 6) is 1.49. The van der Waals surface area contributed by atoms with Crippen LogP contribution < -0.4 is 9.47 Å². The lowest BCUT2D eigenvalue weighted by atomic mass is 9.96. The van der Waals surface area contributed by atoms with Crippen LogP contribution >= 0.6 is 0 Å². The number of hydrogen-bond acceptors (Lipinski definition) is 4. The fraction of sp³-hybridized carbons (Fsp3) is 0.241. The van der Waals surface area contributed by atoms with Gasteiger partial charge in [0.15, 0.2) is 0 Å². The average Bonchev–Trinajstić information content (AvgIpc) is 2.90. The molecule has 0 aromatic heterocycles. The highest BCUT2D eigenvalue weighted by Gasteiger charge is 2.36. The topological polar surface area (TPSA) is 55.8 Å². The van der Waals surface area contributed by atoms with Gasteiger partial charge >= 0.3 is 0 Å². The van der Waals surface area contributed by atoms with Crippen LogP contribution in [0.3, 0.4) is 0 Å². The van der Waals surface area contributed by atoms with Crippen LogP contribution in [0, 0.1) is 0 Å². The Morgan fingerprint density at radius 2 is 1.46 bits per heavy atom. The monoisotopic (exact) mass is 487 g/mol. The third kappa shape index (κ3) is 4.90. The summed E-state index contributed by atoms with van der Waals surface area (Å²) in [6, 6.07) is 28.3. The largest absolute Gasteiger partial charge is 0.494 e. The molecule has 0 bridgehead atoms. The predicted molar refractivity (Wildman–Crippen MR) is 138 cm³/mol. The molecule has 6 heteroatoms. The highest BCUT2D eigenvalue weighted by molar-refractivity contribution is 7.89. The van der Waals surface area contributed by atoms with E-state index in [1.165, 1.54) is 0 Å². The van der Waals surface area contributed by atoms with E-state index in [-0.39, 0.29) is 12.6 Å². The van der Waals surface area contributed by atoms with Crippen molar-refractivity contribution in [2.45, 2.75) is 37.2 Å². The summed E-state index contributed by atoms with van der Waals surface area (Å²) in [4.78, 5) is 0.331. The third-order valence-corrected chi connectivity index (χ3v) is 8.34. The Morgan fingerprint density at radius 3 is 2.23 bits per heavy atom. The van der Waals surface area contributed by atoms with E-state index in [9.17, 15) is 8.42 Å². The predicted octanol–water partition coefficient (Wildman–Crippen LogP) is 5.82. The Morgan fingerprint density at radius 1 is 0.800 bits per heavy atom. The van der Waals surface area contributed by atoms with Crippen molar-refractivity contribution in [2.24, 2.45) is 0 Å². The first-order chi connectivity index (χ1) is 17.1. The molecule has 0 aliphatic carbocycles. The Labute approximate surface area is 207 Å². The maximum Gasteiger partial charge on any atom is 0.244 e. The standard InChI is InChI=1S/C29H29NO4S/c1-2-18-33-26-14-16-27(17-15-26)34-21-25-19-23-9-3-4-10-24(23)20-30(25)35(31,32)29-13-7-11-22-8-5-6-12-28(22)29/h3-17,25H,2,18-21H2,1H3/t25-/m1/s1. The highest BCUT2D eigenvalue weighted by atomic mass is 32.2. The molecule has 1 aliphatic rings. The molecule has 1 atom stereocenters. The number of hydrogen-bond donors (Lipinski definition) is 0. The lowest BCUT2D eigenvalue weighted by molar-refractivity contribution is 0.189. The Balaban J connectivity index is 1.44. The van der Waals surface area contributed by atoms with E-state index >= 15 is 0 Å². The lowest BCUT2D eigenvalue weighted by Crippen LogP contribution is -2.47. The van der Waals surface area contributed by atoms with Gasteiger partial charge in [-0.3, -0.25) is 0 Å². The molecule has 35 heavy (non-hydrogen) atoms. The maximum atomic E-state index is 14.0. The summed E-state index contributed by atoms with van der Waals surface area (Å²) in [7, 11) is -3.77. The van der Waals surface area contributed by atoms with Crippen LogP contribution in [0.2, 0.25) is 0 Å². The zero-order chi connectivity index (χ0) is 24.3. The van der Waals surface area contributed by atoms with Crippen molar-refractivity contribution in [1.29, 1.82) is 0 Å². The fourth-order valence-electron chi connectivity index (χ4n) is 4.58. The zero-order valence-corrected chi connectivity index (χ0v) is 20.6. The molecular formula is C29H29NO4S. The molecule has 0 amide bonds. The van der Waals surface area contributed by atoms with Gasteiger partial charge in [0.25, 0.3) is 0 Å². The van der Waals surface area contributed by atoms with Crippen LogP contribution in [0.1, 0.15) is 24.5 Å².